The molecule has 2 aliphatic carbocycles. The van der Waals surface area contributed by atoms with E-state index >= 15 is 0 Å². The third-order valence-electron chi connectivity index (χ3n) is 5.83. The third-order valence-corrected chi connectivity index (χ3v) is 9.07. The summed E-state index contributed by atoms with van der Waals surface area (Å²) in [5.41, 5.74) is 7.39. The van der Waals surface area contributed by atoms with Crippen molar-refractivity contribution in [3.8, 4) is 0 Å². The summed E-state index contributed by atoms with van der Waals surface area (Å²) in [4.78, 5) is 57.0. The number of nitrogens with zero attached hydrogens (tertiary/aromatic N) is 2. The van der Waals surface area contributed by atoms with E-state index in [9.17, 15) is 29.1 Å². The standard InChI is InChI=1S/C14H22N4O2.C11H9I3N2O4/c19-13(17-15-11-7-3-1-4-8-11)14(20)18-16-12-9-5-2-6-10-12;1-3(17)15-9-6(12)5(11(19)20)7(13)10(8(9)14)16-4(2)18/h1-10H2,(H,17,19)(H,18,20);1-2H3,(H,15,17)(H,16,18)(H,19,20). The molecule has 0 spiro atoms. The highest BCUT2D eigenvalue weighted by atomic mass is 127. The highest BCUT2D eigenvalue weighted by Gasteiger charge is 2.25. The monoisotopic (exact) mass is 892 g/mol. The molecule has 0 aliphatic heterocycles. The Morgan fingerprint density at radius 1 is 0.625 bits per heavy atom. The van der Waals surface area contributed by atoms with Crippen LogP contribution in [0, 0.1) is 10.7 Å². The molecule has 2 aliphatic rings. The number of carbonyl (C=O) groups is 5. The van der Waals surface area contributed by atoms with E-state index in [0.717, 1.165) is 62.8 Å². The Kier molecular flexibility index (Phi) is 14.7. The SMILES string of the molecule is CC(=O)Nc1c(I)c(NC(C)=O)c(I)c(C(=O)O)c1I.O=C(NN=C1CCCCC1)C(=O)NN=C1CCCCC1. The number of hydrogen-bond acceptors (Lipinski definition) is 7. The number of benzene rings is 1. The minimum Gasteiger partial charge on any atom is -0.478 e. The summed E-state index contributed by atoms with van der Waals surface area (Å²) in [5.74, 6) is -3.24. The summed E-state index contributed by atoms with van der Waals surface area (Å²) in [6.45, 7) is 2.67. The molecule has 0 saturated heterocycles. The third kappa shape index (κ3) is 10.8. The maximum absolute atomic E-state index is 11.6. The number of hydrogen-bond donors (Lipinski definition) is 5. The number of rotatable bonds is 5. The second-order valence-electron chi connectivity index (χ2n) is 9.09. The molecule has 0 atom stereocenters. The summed E-state index contributed by atoms with van der Waals surface area (Å²) < 4.78 is 1.44. The largest absolute Gasteiger partial charge is 0.478 e. The van der Waals surface area contributed by atoms with E-state index in [1.807, 2.05) is 67.8 Å². The van der Waals surface area contributed by atoms with Crippen LogP contribution in [0.3, 0.4) is 0 Å². The molecule has 0 bridgehead atoms. The summed E-state index contributed by atoms with van der Waals surface area (Å²) in [5, 5.41) is 22.5. The van der Waals surface area contributed by atoms with Crippen LogP contribution in [0.25, 0.3) is 0 Å². The molecule has 3 rings (SSSR count). The fraction of sp³-hybridized carbons (Fsp3) is 0.480. The first kappa shape index (κ1) is 34.3. The van der Waals surface area contributed by atoms with E-state index in [-0.39, 0.29) is 17.4 Å². The first-order chi connectivity index (χ1) is 18.9. The lowest BCUT2D eigenvalue weighted by molar-refractivity contribution is -0.139. The average molecular weight is 892 g/mol. The lowest BCUT2D eigenvalue weighted by Gasteiger charge is -2.17. The molecule has 12 nitrogen and oxygen atoms in total. The van der Waals surface area contributed by atoms with Gasteiger partial charge in [0.2, 0.25) is 11.8 Å². The van der Waals surface area contributed by atoms with E-state index in [1.54, 1.807) is 0 Å². The van der Waals surface area contributed by atoms with E-state index in [4.69, 9.17) is 0 Å². The molecule has 0 heterocycles. The van der Waals surface area contributed by atoms with Crippen molar-refractivity contribution >= 4 is 120 Å². The molecule has 15 heteroatoms. The zero-order valence-corrected chi connectivity index (χ0v) is 28.6. The molecule has 1 aromatic carbocycles. The molecule has 4 amide bonds. The fourth-order valence-corrected chi connectivity index (χ4v) is 8.09. The normalized spacial score (nSPS) is 14.6. The fourth-order valence-electron chi connectivity index (χ4n) is 3.93. The number of carbonyl (C=O) groups excluding carboxylic acids is 4. The van der Waals surface area contributed by atoms with Crippen molar-refractivity contribution in [2.45, 2.75) is 78.1 Å². The highest BCUT2D eigenvalue weighted by Crippen LogP contribution is 2.38. The Labute approximate surface area is 273 Å². The number of aromatic carboxylic acids is 1. The number of hydrazone groups is 2. The molecule has 218 valence electrons. The van der Waals surface area contributed by atoms with Gasteiger partial charge in [-0.1, -0.05) is 12.8 Å². The molecule has 0 unspecified atom stereocenters. The lowest BCUT2D eigenvalue weighted by Crippen LogP contribution is -2.36. The zero-order chi connectivity index (χ0) is 29.8. The zero-order valence-electron chi connectivity index (χ0n) is 22.1. The van der Waals surface area contributed by atoms with Gasteiger partial charge >= 0.3 is 17.8 Å². The van der Waals surface area contributed by atoms with Gasteiger partial charge in [0.1, 0.15) is 0 Å². The van der Waals surface area contributed by atoms with Gasteiger partial charge in [0.15, 0.2) is 0 Å². The van der Waals surface area contributed by atoms with Crippen LogP contribution in [0.15, 0.2) is 10.2 Å². The average Bonchev–Trinajstić information content (AvgIpc) is 2.92. The maximum Gasteiger partial charge on any atom is 0.338 e. The predicted molar refractivity (Wildman–Crippen MR) is 177 cm³/mol. The van der Waals surface area contributed by atoms with Gasteiger partial charge in [-0.25, -0.2) is 15.6 Å². The quantitative estimate of drug-likeness (QED) is 0.158. The first-order valence-electron chi connectivity index (χ1n) is 12.6. The summed E-state index contributed by atoms with van der Waals surface area (Å²) in [7, 11) is 0. The van der Waals surface area contributed by atoms with Crippen molar-refractivity contribution in [2.24, 2.45) is 10.2 Å². The molecular formula is C25H31I3N6O6. The van der Waals surface area contributed by atoms with Gasteiger partial charge in [0.05, 0.1) is 27.6 Å². The number of amides is 4. The number of carboxylic acids is 1. The summed E-state index contributed by atoms with van der Waals surface area (Å²) in [6, 6.07) is 0. The maximum atomic E-state index is 11.6. The van der Waals surface area contributed by atoms with Crippen LogP contribution in [0.2, 0.25) is 0 Å². The van der Waals surface area contributed by atoms with Crippen molar-refractivity contribution in [3.05, 3.63) is 16.3 Å². The first-order valence-corrected chi connectivity index (χ1v) is 15.9. The summed E-state index contributed by atoms with van der Waals surface area (Å²) >= 11 is 5.71. The second-order valence-corrected chi connectivity index (χ2v) is 12.3. The number of carboxylic acid groups (broad SMARTS) is 1. The van der Waals surface area contributed by atoms with E-state index < -0.39 is 17.8 Å². The summed E-state index contributed by atoms with van der Waals surface area (Å²) in [6.07, 6.45) is 10.5. The van der Waals surface area contributed by atoms with E-state index in [1.165, 1.54) is 26.7 Å². The van der Waals surface area contributed by atoms with Crippen LogP contribution in [0.1, 0.15) is 88.4 Å². The van der Waals surface area contributed by atoms with E-state index in [2.05, 4.69) is 31.7 Å². The van der Waals surface area contributed by atoms with Gasteiger partial charge in [-0.15, -0.1) is 0 Å². The van der Waals surface area contributed by atoms with Crippen LogP contribution in [-0.4, -0.2) is 46.1 Å². The predicted octanol–water partition coefficient (Wildman–Crippen LogP) is 4.97. The molecule has 5 N–H and O–H groups in total. The smallest absolute Gasteiger partial charge is 0.338 e. The Morgan fingerprint density at radius 2 is 0.975 bits per heavy atom. The van der Waals surface area contributed by atoms with Crippen molar-refractivity contribution in [1.82, 2.24) is 10.9 Å². The Hall–Kier alpha value is -1.90. The topological polar surface area (TPSA) is 178 Å². The Balaban J connectivity index is 0.000000280. The van der Waals surface area contributed by atoms with Gasteiger partial charge in [-0.05, 0) is 119 Å². The van der Waals surface area contributed by atoms with Crippen LogP contribution < -0.4 is 21.5 Å². The minimum atomic E-state index is -1.12. The molecule has 0 aromatic heterocycles. The van der Waals surface area contributed by atoms with Crippen molar-refractivity contribution in [3.63, 3.8) is 0 Å². The van der Waals surface area contributed by atoms with Crippen LogP contribution in [0.5, 0.6) is 0 Å². The Morgan fingerprint density at radius 3 is 1.27 bits per heavy atom. The molecule has 2 fully saturated rings. The van der Waals surface area contributed by atoms with Gasteiger partial charge < -0.3 is 15.7 Å². The Bertz CT molecular complexity index is 1130. The van der Waals surface area contributed by atoms with Crippen LogP contribution >= 0.6 is 67.8 Å². The van der Waals surface area contributed by atoms with Gasteiger partial charge in [-0.2, -0.15) is 10.2 Å². The molecule has 1 aromatic rings. The highest BCUT2D eigenvalue weighted by molar-refractivity contribution is 14.1. The number of anilines is 2. The van der Waals surface area contributed by atoms with Crippen LogP contribution in [-0.2, 0) is 19.2 Å². The molecule has 0 radical (unpaired) electrons. The van der Waals surface area contributed by atoms with Gasteiger partial charge in [0, 0.05) is 25.3 Å². The van der Waals surface area contributed by atoms with Crippen molar-refractivity contribution < 1.29 is 29.1 Å². The molecular weight excluding hydrogens is 861 g/mol. The molecule has 2 saturated carbocycles. The van der Waals surface area contributed by atoms with Crippen molar-refractivity contribution in [1.29, 1.82) is 0 Å². The van der Waals surface area contributed by atoms with Crippen molar-refractivity contribution in [2.75, 3.05) is 10.6 Å². The lowest BCUT2D eigenvalue weighted by atomic mass is 9.99. The minimum absolute atomic E-state index is 0.0547. The second kappa shape index (κ2) is 17.1. The van der Waals surface area contributed by atoms with Crippen LogP contribution in [0.4, 0.5) is 11.4 Å². The number of halogens is 3. The van der Waals surface area contributed by atoms with Gasteiger partial charge in [-0.3, -0.25) is 19.2 Å². The van der Waals surface area contributed by atoms with E-state index in [0.29, 0.717) is 22.1 Å². The van der Waals surface area contributed by atoms with Gasteiger partial charge in [0.25, 0.3) is 0 Å². The molecule has 40 heavy (non-hydrogen) atoms. The number of nitrogens with one attached hydrogen (secondary N) is 4.